The van der Waals surface area contributed by atoms with E-state index in [9.17, 15) is 13.2 Å². The average Bonchev–Trinajstić information content (AvgIpc) is 2.72. The van der Waals surface area contributed by atoms with Crippen molar-refractivity contribution < 1.29 is 17.6 Å². The summed E-state index contributed by atoms with van der Waals surface area (Å²) in [5.74, 6) is -0.754. The second kappa shape index (κ2) is 8.72. The molecule has 0 amide bonds. The first-order chi connectivity index (χ1) is 15.4. The van der Waals surface area contributed by atoms with Crippen LogP contribution in [0.5, 0.6) is 0 Å². The van der Waals surface area contributed by atoms with E-state index < -0.39 is 40.2 Å². The molecule has 1 aromatic rings. The van der Waals surface area contributed by atoms with Gasteiger partial charge in [0.15, 0.2) is 23.9 Å². The highest BCUT2D eigenvalue weighted by atomic mass is 32.2. The number of ketones is 1. The fourth-order valence-electron chi connectivity index (χ4n) is 4.85. The zero-order valence-corrected chi connectivity index (χ0v) is 23.7. The van der Waals surface area contributed by atoms with Crippen molar-refractivity contribution in [1.29, 1.82) is 0 Å². The van der Waals surface area contributed by atoms with Crippen molar-refractivity contribution in [2.75, 3.05) is 0 Å². The molecule has 0 bridgehead atoms. The topological polar surface area (TPSA) is 60.4 Å². The number of sulfone groups is 1. The Bertz CT molecular complexity index is 1120. The molecule has 34 heavy (non-hydrogen) atoms. The summed E-state index contributed by atoms with van der Waals surface area (Å²) in [5, 5.41) is -0.793. The van der Waals surface area contributed by atoms with Gasteiger partial charge < -0.3 is 4.43 Å². The molecule has 4 nitrogen and oxygen atoms in total. The minimum absolute atomic E-state index is 0.0205. The van der Waals surface area contributed by atoms with Crippen LogP contribution in [0.25, 0.3) is 0 Å². The fraction of sp³-hybridized carbons (Fsp3) is 0.536. The van der Waals surface area contributed by atoms with Gasteiger partial charge in [-0.25, -0.2) is 8.42 Å². The van der Waals surface area contributed by atoms with Crippen LogP contribution in [0.15, 0.2) is 71.7 Å². The van der Waals surface area contributed by atoms with E-state index in [4.69, 9.17) is 4.43 Å². The Kier molecular flexibility index (Phi) is 6.88. The SMILES string of the molecule is C=C1C(=O)C=C[C@@]2(C)C=C[C@H](O[Si](C)(C)C(C)(C)C)C(C)(C)C[C@@H](S(=O)(=O)c3ccccc3)[C@@H]12. The Morgan fingerprint density at radius 2 is 1.65 bits per heavy atom. The normalized spacial score (nSPS) is 29.9. The maximum Gasteiger partial charge on any atom is 0.192 e. The molecule has 0 aliphatic heterocycles. The molecule has 6 heteroatoms. The quantitative estimate of drug-likeness (QED) is 0.268. The Morgan fingerprint density at radius 1 is 1.06 bits per heavy atom. The third-order valence-electron chi connectivity index (χ3n) is 8.15. The number of carbonyl (C=O) groups is 1. The molecule has 1 aromatic carbocycles. The summed E-state index contributed by atoms with van der Waals surface area (Å²) in [6.07, 6.45) is 7.64. The molecule has 0 heterocycles. The first-order valence-corrected chi connectivity index (χ1v) is 16.5. The number of rotatable bonds is 4. The molecular weight excluding hydrogens is 460 g/mol. The highest BCUT2D eigenvalue weighted by molar-refractivity contribution is 7.92. The Balaban J connectivity index is 2.21. The van der Waals surface area contributed by atoms with Crippen molar-refractivity contribution in [1.82, 2.24) is 0 Å². The second-order valence-corrected chi connectivity index (χ2v) is 19.2. The van der Waals surface area contributed by atoms with E-state index in [0.717, 1.165) is 0 Å². The zero-order chi connectivity index (χ0) is 25.7. The van der Waals surface area contributed by atoms with Gasteiger partial charge in [-0.15, -0.1) is 0 Å². The summed E-state index contributed by atoms with van der Waals surface area (Å²) in [7, 11) is -5.89. The number of carbonyl (C=O) groups excluding carboxylic acids is 1. The van der Waals surface area contributed by atoms with E-state index in [1.165, 1.54) is 6.08 Å². The lowest BCUT2D eigenvalue weighted by Crippen LogP contribution is -2.52. The molecule has 3 rings (SSSR count). The summed E-state index contributed by atoms with van der Waals surface area (Å²) in [6.45, 7) is 21.3. The summed E-state index contributed by atoms with van der Waals surface area (Å²) < 4.78 is 35.1. The standard InChI is InChI=1S/C28H40O4SSi/c1-20-22(29)15-17-28(7)18-16-24(32-34(8,9)26(2,3)4)27(5,6)19-23(25(20)28)33(30,31)21-13-11-10-12-14-21/h10-18,23-25H,1,19H2,2-9H3/t23-,24+,25-,28+/m1/s1. The van der Waals surface area contributed by atoms with Crippen molar-refractivity contribution in [3.8, 4) is 0 Å². The van der Waals surface area contributed by atoms with Crippen molar-refractivity contribution >= 4 is 23.9 Å². The number of allylic oxidation sites excluding steroid dienone is 4. The van der Waals surface area contributed by atoms with E-state index in [1.807, 2.05) is 19.1 Å². The first kappa shape index (κ1) is 26.8. The van der Waals surface area contributed by atoms with E-state index >= 15 is 0 Å². The van der Waals surface area contributed by atoms with Gasteiger partial charge in [-0.2, -0.15) is 0 Å². The first-order valence-electron chi connectivity index (χ1n) is 12.0. The van der Waals surface area contributed by atoms with Gasteiger partial charge in [-0.3, -0.25) is 4.79 Å². The summed E-state index contributed by atoms with van der Waals surface area (Å²) >= 11 is 0. The maximum absolute atomic E-state index is 14.1. The van der Waals surface area contributed by atoms with Crippen LogP contribution in [0.1, 0.15) is 48.0 Å². The van der Waals surface area contributed by atoms with Crippen LogP contribution in [-0.4, -0.2) is 33.9 Å². The molecule has 2 aliphatic carbocycles. The van der Waals surface area contributed by atoms with Crippen molar-refractivity contribution in [2.45, 2.75) is 82.3 Å². The number of hydrogen-bond acceptors (Lipinski definition) is 4. The highest BCUT2D eigenvalue weighted by Gasteiger charge is 2.52. The Hall–Kier alpha value is -1.76. The third-order valence-corrected chi connectivity index (χ3v) is 14.8. The van der Waals surface area contributed by atoms with Crippen LogP contribution < -0.4 is 0 Å². The molecule has 0 saturated carbocycles. The molecule has 186 valence electrons. The van der Waals surface area contributed by atoms with Gasteiger partial charge in [0.05, 0.1) is 16.2 Å². The van der Waals surface area contributed by atoms with Gasteiger partial charge in [0, 0.05) is 11.3 Å². The van der Waals surface area contributed by atoms with Crippen LogP contribution in [-0.2, 0) is 19.1 Å². The van der Waals surface area contributed by atoms with Gasteiger partial charge in [0.1, 0.15) is 0 Å². The third kappa shape index (κ3) is 4.82. The minimum atomic E-state index is -3.76. The highest BCUT2D eigenvalue weighted by Crippen LogP contribution is 2.51. The number of fused-ring (bicyclic) bond motifs is 1. The van der Waals surface area contributed by atoms with E-state index in [0.29, 0.717) is 12.0 Å². The van der Waals surface area contributed by atoms with Crippen molar-refractivity contribution in [3.05, 3.63) is 66.8 Å². The van der Waals surface area contributed by atoms with Crippen LogP contribution >= 0.6 is 0 Å². The lowest BCUT2D eigenvalue weighted by Gasteiger charge is -2.49. The van der Waals surface area contributed by atoms with Crippen LogP contribution in [0.3, 0.4) is 0 Å². The molecule has 0 saturated heterocycles. The predicted molar refractivity (Wildman–Crippen MR) is 142 cm³/mol. The molecule has 2 aliphatic rings. The molecule has 0 fully saturated rings. The monoisotopic (exact) mass is 500 g/mol. The smallest absolute Gasteiger partial charge is 0.192 e. The van der Waals surface area contributed by atoms with E-state index in [-0.39, 0.29) is 21.8 Å². The van der Waals surface area contributed by atoms with Crippen LogP contribution in [0, 0.1) is 16.7 Å². The van der Waals surface area contributed by atoms with Gasteiger partial charge in [0.25, 0.3) is 0 Å². The largest absolute Gasteiger partial charge is 0.410 e. The van der Waals surface area contributed by atoms with Crippen molar-refractivity contribution in [3.63, 3.8) is 0 Å². The van der Waals surface area contributed by atoms with Crippen LogP contribution in [0.2, 0.25) is 18.1 Å². The maximum atomic E-state index is 14.1. The zero-order valence-electron chi connectivity index (χ0n) is 21.9. The van der Waals surface area contributed by atoms with Gasteiger partial charge in [0.2, 0.25) is 0 Å². The molecule has 0 N–H and O–H groups in total. The van der Waals surface area contributed by atoms with Crippen molar-refractivity contribution in [2.24, 2.45) is 16.7 Å². The molecule has 0 spiro atoms. The number of benzene rings is 1. The molecule has 0 unspecified atom stereocenters. The molecule has 0 radical (unpaired) electrons. The lowest BCUT2D eigenvalue weighted by atomic mass is 9.63. The number of hydrogen-bond donors (Lipinski definition) is 0. The van der Waals surface area contributed by atoms with Gasteiger partial charge in [-0.05, 0) is 53.7 Å². The average molecular weight is 501 g/mol. The Labute approximate surface area is 207 Å². The Morgan fingerprint density at radius 3 is 2.21 bits per heavy atom. The fourth-order valence-corrected chi connectivity index (χ4v) is 8.59. The van der Waals surface area contributed by atoms with Crippen LogP contribution in [0.4, 0.5) is 0 Å². The predicted octanol–water partition coefficient (Wildman–Crippen LogP) is 6.52. The lowest BCUT2D eigenvalue weighted by molar-refractivity contribution is -0.112. The summed E-state index contributed by atoms with van der Waals surface area (Å²) in [5.41, 5.74) is -0.786. The minimum Gasteiger partial charge on any atom is -0.410 e. The molecule has 0 aromatic heterocycles. The van der Waals surface area contributed by atoms with Gasteiger partial charge >= 0.3 is 0 Å². The van der Waals surface area contributed by atoms with E-state index in [2.05, 4.69) is 66.4 Å². The van der Waals surface area contributed by atoms with Gasteiger partial charge in [-0.1, -0.05) is 84.5 Å². The molecular formula is C28H40O4SSi. The summed E-state index contributed by atoms with van der Waals surface area (Å²) in [4.78, 5) is 13.0. The van der Waals surface area contributed by atoms with E-state index in [1.54, 1.807) is 24.3 Å². The summed E-state index contributed by atoms with van der Waals surface area (Å²) in [6, 6.07) is 8.57. The second-order valence-electron chi connectivity index (χ2n) is 12.3. The molecule has 4 atom stereocenters.